The average Bonchev–Trinajstić information content (AvgIpc) is 3.06. The second-order valence-electron chi connectivity index (χ2n) is 9.23. The number of cyclic esters (lactones) is 1. The summed E-state index contributed by atoms with van der Waals surface area (Å²) in [5.41, 5.74) is 0.617. The maximum absolute atomic E-state index is 12.1. The highest BCUT2D eigenvalue weighted by molar-refractivity contribution is 5.91. The molecular weight excluding hydrogens is 362 g/mol. The fourth-order valence-corrected chi connectivity index (χ4v) is 6.11. The van der Waals surface area contributed by atoms with Gasteiger partial charge in [-0.25, -0.2) is 4.79 Å². The summed E-state index contributed by atoms with van der Waals surface area (Å²) >= 11 is 0. The van der Waals surface area contributed by atoms with Crippen molar-refractivity contribution in [3.8, 4) is 0 Å². The highest BCUT2D eigenvalue weighted by atomic mass is 16.6. The molecule has 2 N–H and O–H groups in total. The molecule has 7 heteroatoms. The van der Waals surface area contributed by atoms with Crippen molar-refractivity contribution >= 4 is 5.97 Å². The van der Waals surface area contributed by atoms with Gasteiger partial charge in [-0.05, 0) is 55.4 Å². The fraction of sp³-hybridized carbons (Fsp3) is 0.762. The minimum Gasteiger partial charge on any atom is -0.458 e. The molecule has 0 bridgehead atoms. The van der Waals surface area contributed by atoms with Gasteiger partial charge < -0.3 is 14.9 Å². The number of hydrogen-bond acceptors (Lipinski definition) is 6. The summed E-state index contributed by atoms with van der Waals surface area (Å²) < 4.78 is 5.00. The molecule has 0 radical (unpaired) electrons. The second-order valence-corrected chi connectivity index (χ2v) is 9.23. The van der Waals surface area contributed by atoms with Crippen LogP contribution in [0.5, 0.6) is 0 Å². The predicted molar refractivity (Wildman–Crippen MR) is 103 cm³/mol. The molecular formula is C21H31NO6. The van der Waals surface area contributed by atoms with Crippen molar-refractivity contribution < 1.29 is 24.7 Å². The number of nitrogens with zero attached hydrogens (tertiary/aromatic N) is 1. The molecule has 0 aromatic rings. The van der Waals surface area contributed by atoms with Gasteiger partial charge in [0.1, 0.15) is 6.61 Å². The lowest BCUT2D eigenvalue weighted by molar-refractivity contribution is -0.486. The quantitative estimate of drug-likeness (QED) is 0.310. The van der Waals surface area contributed by atoms with E-state index in [-0.39, 0.29) is 41.9 Å². The molecule has 0 aromatic heterocycles. The Kier molecular flexibility index (Phi) is 5.69. The van der Waals surface area contributed by atoms with Crippen LogP contribution in [0, 0.1) is 38.7 Å². The van der Waals surface area contributed by atoms with E-state index in [9.17, 15) is 25.1 Å². The Labute approximate surface area is 165 Å². The predicted octanol–water partition coefficient (Wildman–Crippen LogP) is 2.49. The normalized spacial score (nSPS) is 39.1. The van der Waals surface area contributed by atoms with Crippen molar-refractivity contribution in [3.05, 3.63) is 33.9 Å². The van der Waals surface area contributed by atoms with Crippen LogP contribution in [0.3, 0.4) is 0 Å². The van der Waals surface area contributed by atoms with Crippen LogP contribution in [-0.2, 0) is 9.53 Å². The number of allylic oxidation sites excluding steroid dienone is 1. The Bertz CT molecular complexity index is 703. The molecule has 2 fully saturated rings. The first-order valence-electron chi connectivity index (χ1n) is 10.1. The number of esters is 1. The van der Waals surface area contributed by atoms with Crippen molar-refractivity contribution in [1.29, 1.82) is 0 Å². The minimum atomic E-state index is -0.601. The maximum Gasteiger partial charge on any atom is 0.334 e. The molecule has 1 aliphatic heterocycles. The molecule has 2 aliphatic carbocycles. The first-order chi connectivity index (χ1) is 13.1. The van der Waals surface area contributed by atoms with Gasteiger partial charge in [0.05, 0.1) is 18.6 Å². The van der Waals surface area contributed by atoms with Crippen LogP contribution in [0.1, 0.15) is 46.0 Å². The molecule has 0 amide bonds. The van der Waals surface area contributed by atoms with E-state index in [2.05, 4.69) is 13.5 Å². The number of hydrogen-bond donors (Lipinski definition) is 2. The SMILES string of the molecule is C=C1CC[C@@H]2[C@](C)(CC[C@H](O)[C@]2(C)CO)[C@H]1C[C@H](C[N+](=O)[O-])C1=CCOC1=O. The van der Waals surface area contributed by atoms with E-state index in [4.69, 9.17) is 4.74 Å². The zero-order chi connectivity index (χ0) is 20.7. The molecule has 3 aliphatic rings. The molecule has 1 heterocycles. The molecule has 156 valence electrons. The van der Waals surface area contributed by atoms with Crippen LogP contribution in [-0.4, -0.2) is 47.0 Å². The largest absolute Gasteiger partial charge is 0.458 e. The minimum absolute atomic E-state index is 0.0103. The molecule has 28 heavy (non-hydrogen) atoms. The Hall–Kier alpha value is -1.73. The summed E-state index contributed by atoms with van der Waals surface area (Å²) in [6, 6.07) is 0. The number of aliphatic hydroxyl groups excluding tert-OH is 2. The number of aliphatic hydroxyl groups is 2. The Balaban J connectivity index is 1.93. The first-order valence-corrected chi connectivity index (χ1v) is 10.1. The van der Waals surface area contributed by atoms with Crippen LogP contribution >= 0.6 is 0 Å². The van der Waals surface area contributed by atoms with Crippen molar-refractivity contribution in [1.82, 2.24) is 0 Å². The number of carbonyl (C=O) groups is 1. The zero-order valence-electron chi connectivity index (χ0n) is 16.7. The van der Waals surface area contributed by atoms with Crippen LogP contribution < -0.4 is 0 Å². The van der Waals surface area contributed by atoms with Crippen molar-refractivity contribution in [2.24, 2.45) is 28.6 Å². The maximum atomic E-state index is 12.1. The van der Waals surface area contributed by atoms with Gasteiger partial charge in [0.2, 0.25) is 6.54 Å². The van der Waals surface area contributed by atoms with Gasteiger partial charge in [-0.3, -0.25) is 10.1 Å². The topological polar surface area (TPSA) is 110 Å². The average molecular weight is 393 g/mol. The van der Waals surface area contributed by atoms with E-state index in [0.717, 1.165) is 24.8 Å². The summed E-state index contributed by atoms with van der Waals surface area (Å²) in [6.45, 7) is 8.14. The molecule has 3 rings (SSSR count). The van der Waals surface area contributed by atoms with E-state index in [0.29, 0.717) is 18.4 Å². The van der Waals surface area contributed by atoms with Gasteiger partial charge in [0, 0.05) is 15.9 Å². The van der Waals surface area contributed by atoms with Crippen LogP contribution in [0.25, 0.3) is 0 Å². The summed E-state index contributed by atoms with van der Waals surface area (Å²) in [6.07, 6.45) is 4.51. The van der Waals surface area contributed by atoms with Crippen LogP contribution in [0.4, 0.5) is 0 Å². The van der Waals surface area contributed by atoms with E-state index in [1.165, 1.54) is 0 Å². The summed E-state index contributed by atoms with van der Waals surface area (Å²) in [4.78, 5) is 23.0. The number of fused-ring (bicyclic) bond motifs is 1. The molecule has 0 spiro atoms. The van der Waals surface area contributed by atoms with Gasteiger partial charge in [0.15, 0.2) is 0 Å². The third-order valence-corrected chi connectivity index (χ3v) is 7.78. The van der Waals surface area contributed by atoms with Gasteiger partial charge in [-0.2, -0.15) is 0 Å². The van der Waals surface area contributed by atoms with E-state index in [1.807, 2.05) is 6.92 Å². The smallest absolute Gasteiger partial charge is 0.334 e. The van der Waals surface area contributed by atoms with E-state index < -0.39 is 23.4 Å². The Morgan fingerprint density at radius 1 is 1.43 bits per heavy atom. The summed E-state index contributed by atoms with van der Waals surface area (Å²) in [7, 11) is 0. The Morgan fingerprint density at radius 2 is 2.14 bits per heavy atom. The lowest BCUT2D eigenvalue weighted by Crippen LogP contribution is -2.57. The summed E-state index contributed by atoms with van der Waals surface area (Å²) in [5, 5.41) is 32.0. The van der Waals surface area contributed by atoms with Crippen molar-refractivity contribution in [2.45, 2.75) is 52.1 Å². The van der Waals surface area contributed by atoms with E-state index in [1.54, 1.807) is 6.08 Å². The standard InChI is InChI=1S/C21H31NO6/c1-13-4-5-17-20(2,8-6-18(24)21(17,3)12-23)16(13)10-14(11-22(26)27)15-7-9-28-19(15)25/h7,14,16-18,23-24H,1,4-6,8-12H2,2-3H3/t14-,16+,17-,18+,20-,21-/m1/s1. The number of nitro groups is 1. The van der Waals surface area contributed by atoms with Gasteiger partial charge in [-0.15, -0.1) is 0 Å². The zero-order valence-corrected chi connectivity index (χ0v) is 16.7. The van der Waals surface area contributed by atoms with Gasteiger partial charge in [-0.1, -0.05) is 26.0 Å². The number of ether oxygens (including phenoxy) is 1. The molecule has 2 saturated carbocycles. The van der Waals surface area contributed by atoms with E-state index >= 15 is 0 Å². The third kappa shape index (κ3) is 3.39. The third-order valence-electron chi connectivity index (χ3n) is 7.78. The molecule has 0 saturated heterocycles. The molecule has 0 aromatic carbocycles. The second kappa shape index (κ2) is 7.59. The molecule has 0 unspecified atom stereocenters. The number of rotatable bonds is 6. The van der Waals surface area contributed by atoms with Gasteiger partial charge in [0.25, 0.3) is 0 Å². The first kappa shape index (κ1) is 21.0. The monoisotopic (exact) mass is 393 g/mol. The highest BCUT2D eigenvalue weighted by Crippen LogP contribution is 2.62. The molecule has 6 atom stereocenters. The highest BCUT2D eigenvalue weighted by Gasteiger charge is 2.58. The Morgan fingerprint density at radius 3 is 2.71 bits per heavy atom. The number of carbonyl (C=O) groups excluding carboxylic acids is 1. The van der Waals surface area contributed by atoms with Crippen LogP contribution in [0.15, 0.2) is 23.8 Å². The van der Waals surface area contributed by atoms with Gasteiger partial charge >= 0.3 is 5.97 Å². The fourth-order valence-electron chi connectivity index (χ4n) is 6.11. The van der Waals surface area contributed by atoms with Crippen molar-refractivity contribution in [3.63, 3.8) is 0 Å². The lowest BCUT2D eigenvalue weighted by atomic mass is 9.45. The lowest BCUT2D eigenvalue weighted by Gasteiger charge is -2.60. The summed E-state index contributed by atoms with van der Waals surface area (Å²) in [5.74, 6) is -0.905. The molecule has 7 nitrogen and oxygen atoms in total. The van der Waals surface area contributed by atoms with Crippen LogP contribution in [0.2, 0.25) is 0 Å². The van der Waals surface area contributed by atoms with Crippen molar-refractivity contribution in [2.75, 3.05) is 19.8 Å².